The molecule has 23 heavy (non-hydrogen) atoms. The number of aliphatic hydroxyl groups excluding tert-OH is 1. The first kappa shape index (κ1) is 17.1. The molecule has 1 amide bonds. The number of nitrogens with one attached hydrogen (secondary N) is 2. The van der Waals surface area contributed by atoms with Crippen molar-refractivity contribution in [2.45, 2.75) is 17.9 Å². The van der Waals surface area contributed by atoms with Gasteiger partial charge < -0.3 is 10.4 Å². The van der Waals surface area contributed by atoms with Crippen LogP contribution in [0.5, 0.6) is 0 Å². The average molecular weight is 334 g/mol. The molecule has 2 aromatic carbocycles. The summed E-state index contributed by atoms with van der Waals surface area (Å²) in [4.78, 5) is 11.0. The maximum absolute atomic E-state index is 12.4. The Morgan fingerprint density at radius 3 is 2.22 bits per heavy atom. The molecule has 2 rings (SSSR count). The highest BCUT2D eigenvalue weighted by Gasteiger charge is 2.20. The first-order chi connectivity index (χ1) is 10.9. The van der Waals surface area contributed by atoms with E-state index in [0.717, 1.165) is 0 Å². The molecule has 0 aliphatic heterocycles. The predicted molar refractivity (Wildman–Crippen MR) is 87.3 cm³/mol. The molecule has 0 aliphatic carbocycles. The van der Waals surface area contributed by atoms with E-state index in [9.17, 15) is 18.3 Å². The van der Waals surface area contributed by atoms with Crippen LogP contribution >= 0.6 is 0 Å². The highest BCUT2D eigenvalue weighted by atomic mass is 32.2. The number of hydrogen-bond acceptors (Lipinski definition) is 4. The van der Waals surface area contributed by atoms with Crippen LogP contribution in [0.15, 0.2) is 59.5 Å². The SMILES string of the molecule is CC(=O)Nc1ccc(S(=O)(=O)N[C@H](CO)c2ccccc2)cc1. The summed E-state index contributed by atoms with van der Waals surface area (Å²) in [5.41, 5.74) is 1.19. The predicted octanol–water partition coefficient (Wildman–Crippen LogP) is 1.66. The van der Waals surface area contributed by atoms with Gasteiger partial charge >= 0.3 is 0 Å². The summed E-state index contributed by atoms with van der Waals surface area (Å²) >= 11 is 0. The fourth-order valence-electron chi connectivity index (χ4n) is 2.07. The minimum atomic E-state index is -3.79. The van der Waals surface area contributed by atoms with E-state index in [1.807, 2.05) is 6.07 Å². The van der Waals surface area contributed by atoms with Gasteiger partial charge in [0.15, 0.2) is 0 Å². The van der Waals surface area contributed by atoms with Crippen LogP contribution in [0.2, 0.25) is 0 Å². The van der Waals surface area contributed by atoms with Crippen LogP contribution in [-0.4, -0.2) is 26.0 Å². The van der Waals surface area contributed by atoms with Gasteiger partial charge in [-0.3, -0.25) is 4.79 Å². The number of anilines is 1. The molecule has 0 bridgehead atoms. The van der Waals surface area contributed by atoms with E-state index in [2.05, 4.69) is 10.0 Å². The van der Waals surface area contributed by atoms with E-state index in [4.69, 9.17) is 0 Å². The molecular formula is C16H18N2O4S. The molecule has 1 atom stereocenters. The molecule has 122 valence electrons. The maximum Gasteiger partial charge on any atom is 0.241 e. The molecule has 0 heterocycles. The lowest BCUT2D eigenvalue weighted by Crippen LogP contribution is -2.30. The maximum atomic E-state index is 12.4. The molecule has 0 radical (unpaired) electrons. The van der Waals surface area contributed by atoms with E-state index in [0.29, 0.717) is 11.3 Å². The summed E-state index contributed by atoms with van der Waals surface area (Å²) in [6.45, 7) is 1.02. The van der Waals surface area contributed by atoms with Crippen LogP contribution in [-0.2, 0) is 14.8 Å². The molecule has 0 aliphatic rings. The molecule has 3 N–H and O–H groups in total. The van der Waals surface area contributed by atoms with Gasteiger partial charge in [0.1, 0.15) is 0 Å². The van der Waals surface area contributed by atoms with Gasteiger partial charge in [-0.15, -0.1) is 0 Å². The number of carbonyl (C=O) groups excluding carboxylic acids is 1. The summed E-state index contributed by atoms with van der Waals surface area (Å²) in [7, 11) is -3.79. The Morgan fingerprint density at radius 2 is 1.70 bits per heavy atom. The zero-order valence-electron chi connectivity index (χ0n) is 12.6. The topological polar surface area (TPSA) is 95.5 Å². The lowest BCUT2D eigenvalue weighted by atomic mass is 10.1. The summed E-state index contributed by atoms with van der Waals surface area (Å²) in [6.07, 6.45) is 0. The number of hydrogen-bond donors (Lipinski definition) is 3. The van der Waals surface area contributed by atoms with E-state index >= 15 is 0 Å². The lowest BCUT2D eigenvalue weighted by molar-refractivity contribution is -0.114. The fourth-order valence-corrected chi connectivity index (χ4v) is 3.29. The Kier molecular flexibility index (Phi) is 5.49. The van der Waals surface area contributed by atoms with Crippen LogP contribution in [0.4, 0.5) is 5.69 Å². The molecule has 0 saturated carbocycles. The Bertz CT molecular complexity index is 758. The van der Waals surface area contributed by atoms with Crippen molar-refractivity contribution in [2.75, 3.05) is 11.9 Å². The smallest absolute Gasteiger partial charge is 0.241 e. The summed E-state index contributed by atoms with van der Waals surface area (Å²) in [5, 5.41) is 12.0. The van der Waals surface area contributed by atoms with Crippen molar-refractivity contribution in [3.05, 3.63) is 60.2 Å². The number of rotatable bonds is 6. The Balaban J connectivity index is 2.19. The monoisotopic (exact) mass is 334 g/mol. The third-order valence-corrected chi connectivity index (χ3v) is 4.65. The Hall–Kier alpha value is -2.22. The van der Waals surface area contributed by atoms with Crippen LogP contribution < -0.4 is 10.0 Å². The number of aliphatic hydroxyl groups is 1. The normalized spacial score (nSPS) is 12.6. The molecule has 0 fully saturated rings. The minimum absolute atomic E-state index is 0.0565. The molecule has 2 aromatic rings. The van der Waals surface area contributed by atoms with Crippen molar-refractivity contribution >= 4 is 21.6 Å². The molecule has 0 aromatic heterocycles. The quantitative estimate of drug-likeness (QED) is 0.748. The van der Waals surface area contributed by atoms with Gasteiger partial charge in [-0.05, 0) is 29.8 Å². The number of amides is 1. The summed E-state index contributed by atoms with van der Waals surface area (Å²) in [5.74, 6) is -0.233. The molecule has 7 heteroatoms. The van der Waals surface area contributed by atoms with Crippen molar-refractivity contribution in [3.8, 4) is 0 Å². The first-order valence-electron chi connectivity index (χ1n) is 6.98. The molecule has 0 unspecified atom stereocenters. The van der Waals surface area contributed by atoms with E-state index in [1.165, 1.54) is 31.2 Å². The van der Waals surface area contributed by atoms with Crippen LogP contribution in [0, 0.1) is 0 Å². The summed E-state index contributed by atoms with van der Waals surface area (Å²) < 4.78 is 27.3. The molecule has 6 nitrogen and oxygen atoms in total. The largest absolute Gasteiger partial charge is 0.394 e. The van der Waals surface area contributed by atoms with Crippen molar-refractivity contribution in [2.24, 2.45) is 0 Å². The third-order valence-electron chi connectivity index (χ3n) is 3.17. The second kappa shape index (κ2) is 7.36. The molecular weight excluding hydrogens is 316 g/mol. The van der Waals surface area contributed by atoms with Gasteiger partial charge in [0.25, 0.3) is 0 Å². The number of benzene rings is 2. The number of carbonyl (C=O) groups is 1. The molecule has 0 spiro atoms. The zero-order chi connectivity index (χ0) is 16.9. The summed E-state index contributed by atoms with van der Waals surface area (Å²) in [6, 6.07) is 13.9. The van der Waals surface area contributed by atoms with Crippen molar-refractivity contribution in [1.29, 1.82) is 0 Å². The lowest BCUT2D eigenvalue weighted by Gasteiger charge is -2.17. The van der Waals surface area contributed by atoms with Crippen molar-refractivity contribution in [1.82, 2.24) is 4.72 Å². The van der Waals surface area contributed by atoms with E-state index in [-0.39, 0.29) is 17.4 Å². The third kappa shape index (κ3) is 4.62. The standard InChI is InChI=1S/C16H18N2O4S/c1-12(20)17-14-7-9-15(10-8-14)23(21,22)18-16(11-19)13-5-3-2-4-6-13/h2-10,16,18-19H,11H2,1H3,(H,17,20)/t16-/m1/s1. The number of sulfonamides is 1. The van der Waals surface area contributed by atoms with E-state index < -0.39 is 16.1 Å². The van der Waals surface area contributed by atoms with Gasteiger partial charge in [-0.25, -0.2) is 13.1 Å². The highest BCUT2D eigenvalue weighted by Crippen LogP contribution is 2.18. The second-order valence-corrected chi connectivity index (χ2v) is 6.69. The van der Waals surface area contributed by atoms with Crippen LogP contribution in [0.3, 0.4) is 0 Å². The Labute approximate surface area is 135 Å². The van der Waals surface area contributed by atoms with Crippen LogP contribution in [0.25, 0.3) is 0 Å². The van der Waals surface area contributed by atoms with E-state index in [1.54, 1.807) is 24.3 Å². The highest BCUT2D eigenvalue weighted by molar-refractivity contribution is 7.89. The van der Waals surface area contributed by atoms with Crippen molar-refractivity contribution in [3.63, 3.8) is 0 Å². The minimum Gasteiger partial charge on any atom is -0.394 e. The van der Waals surface area contributed by atoms with Gasteiger partial charge in [0.2, 0.25) is 15.9 Å². The fraction of sp³-hybridized carbons (Fsp3) is 0.188. The van der Waals surface area contributed by atoms with Gasteiger partial charge in [0.05, 0.1) is 17.5 Å². The van der Waals surface area contributed by atoms with Gasteiger partial charge in [0, 0.05) is 12.6 Å². The molecule has 0 saturated heterocycles. The average Bonchev–Trinajstić information content (AvgIpc) is 2.53. The zero-order valence-corrected chi connectivity index (χ0v) is 13.4. The first-order valence-corrected chi connectivity index (χ1v) is 8.46. The van der Waals surface area contributed by atoms with Crippen LogP contribution in [0.1, 0.15) is 18.5 Å². The Morgan fingerprint density at radius 1 is 1.09 bits per heavy atom. The second-order valence-electron chi connectivity index (χ2n) is 4.97. The van der Waals surface area contributed by atoms with Crippen molar-refractivity contribution < 1.29 is 18.3 Å². The van der Waals surface area contributed by atoms with Gasteiger partial charge in [-0.2, -0.15) is 0 Å². The van der Waals surface area contributed by atoms with Gasteiger partial charge in [-0.1, -0.05) is 30.3 Å².